The number of dihydropyridines is 1. The van der Waals surface area contributed by atoms with Crippen molar-refractivity contribution < 1.29 is 0 Å². The molecule has 1 N–H and O–H groups in total. The molecule has 0 aromatic rings. The van der Waals surface area contributed by atoms with Gasteiger partial charge in [0.05, 0.1) is 0 Å². The summed E-state index contributed by atoms with van der Waals surface area (Å²) in [5.74, 6) is 0. The van der Waals surface area contributed by atoms with Crippen molar-refractivity contribution in [2.75, 3.05) is 0 Å². The minimum Gasteiger partial charge on any atom is -0.385 e. The van der Waals surface area contributed by atoms with Crippen molar-refractivity contribution in [3.8, 4) is 0 Å². The highest BCUT2D eigenvalue weighted by Crippen LogP contribution is 2.09. The Morgan fingerprint density at radius 1 is 1.50 bits per heavy atom. The molecule has 1 unspecified atom stereocenters. The quantitative estimate of drug-likeness (QED) is 0.615. The summed E-state index contributed by atoms with van der Waals surface area (Å²) in [4.78, 5) is 0. The maximum absolute atomic E-state index is 3.28. The van der Waals surface area contributed by atoms with E-state index < -0.39 is 0 Å². The summed E-state index contributed by atoms with van der Waals surface area (Å²) in [6, 6.07) is 0.569. The molecule has 0 aromatic carbocycles. The Bertz CT molecular complexity index is 156. The standard InChI is InChI=1S/C9H15N/c1-3-8-5-6-10-9(4-2)7-8/h5-7,9-10H,3-4H2,1-2H3. The van der Waals surface area contributed by atoms with Crippen LogP contribution in [0.4, 0.5) is 0 Å². The first kappa shape index (κ1) is 7.39. The minimum absolute atomic E-state index is 0.569. The van der Waals surface area contributed by atoms with Crippen LogP contribution in [0, 0.1) is 0 Å². The van der Waals surface area contributed by atoms with Crippen LogP contribution in [0.25, 0.3) is 0 Å². The number of hydrogen-bond donors (Lipinski definition) is 1. The lowest BCUT2D eigenvalue weighted by atomic mass is 10.1. The van der Waals surface area contributed by atoms with Gasteiger partial charge in [0.1, 0.15) is 0 Å². The summed E-state index contributed by atoms with van der Waals surface area (Å²) < 4.78 is 0. The smallest absolute Gasteiger partial charge is 0.0441 e. The zero-order valence-corrected chi connectivity index (χ0v) is 6.72. The summed E-state index contributed by atoms with van der Waals surface area (Å²) in [7, 11) is 0. The van der Waals surface area contributed by atoms with Crippen LogP contribution in [0.1, 0.15) is 26.7 Å². The molecule has 1 nitrogen and oxygen atoms in total. The van der Waals surface area contributed by atoms with Gasteiger partial charge in [-0.05, 0) is 30.7 Å². The third-order valence-corrected chi connectivity index (χ3v) is 1.87. The zero-order valence-electron chi connectivity index (χ0n) is 6.72. The van der Waals surface area contributed by atoms with Gasteiger partial charge in [-0.25, -0.2) is 0 Å². The Labute approximate surface area is 62.8 Å². The van der Waals surface area contributed by atoms with Crippen molar-refractivity contribution in [3.63, 3.8) is 0 Å². The van der Waals surface area contributed by atoms with Gasteiger partial charge in [-0.3, -0.25) is 0 Å². The van der Waals surface area contributed by atoms with Crippen LogP contribution in [0.3, 0.4) is 0 Å². The van der Waals surface area contributed by atoms with Crippen molar-refractivity contribution in [2.24, 2.45) is 0 Å². The summed E-state index contributed by atoms with van der Waals surface area (Å²) in [6.07, 6.45) is 8.82. The van der Waals surface area contributed by atoms with Crippen LogP contribution >= 0.6 is 0 Å². The van der Waals surface area contributed by atoms with Gasteiger partial charge in [0.25, 0.3) is 0 Å². The Hall–Kier alpha value is -0.720. The van der Waals surface area contributed by atoms with Crippen molar-refractivity contribution in [1.82, 2.24) is 5.32 Å². The Kier molecular flexibility index (Phi) is 2.55. The predicted molar refractivity (Wildman–Crippen MR) is 44.7 cm³/mol. The van der Waals surface area contributed by atoms with Crippen LogP contribution in [0.15, 0.2) is 23.9 Å². The molecule has 1 atom stereocenters. The second-order valence-electron chi connectivity index (χ2n) is 2.61. The van der Waals surface area contributed by atoms with Crippen molar-refractivity contribution in [3.05, 3.63) is 23.9 Å². The lowest BCUT2D eigenvalue weighted by Crippen LogP contribution is -2.23. The molecule has 0 bridgehead atoms. The summed E-state index contributed by atoms with van der Waals surface area (Å²) >= 11 is 0. The van der Waals surface area contributed by atoms with Crippen molar-refractivity contribution in [1.29, 1.82) is 0 Å². The lowest BCUT2D eigenvalue weighted by Gasteiger charge is -2.16. The summed E-state index contributed by atoms with van der Waals surface area (Å²) in [5.41, 5.74) is 1.45. The molecular formula is C9H15N. The van der Waals surface area contributed by atoms with Crippen molar-refractivity contribution in [2.45, 2.75) is 32.7 Å². The van der Waals surface area contributed by atoms with Crippen molar-refractivity contribution >= 4 is 0 Å². The van der Waals surface area contributed by atoms with E-state index in [4.69, 9.17) is 0 Å². The summed E-state index contributed by atoms with van der Waals surface area (Å²) in [6.45, 7) is 4.38. The van der Waals surface area contributed by atoms with Crippen LogP contribution in [0.5, 0.6) is 0 Å². The normalized spacial score (nSPS) is 23.8. The molecule has 1 rings (SSSR count). The first-order valence-electron chi connectivity index (χ1n) is 4.00. The number of hydrogen-bond acceptors (Lipinski definition) is 1. The molecule has 0 spiro atoms. The Balaban J connectivity index is 2.56. The van der Waals surface area contributed by atoms with E-state index in [1.54, 1.807) is 0 Å². The maximum Gasteiger partial charge on any atom is 0.0441 e. The molecule has 56 valence electrons. The predicted octanol–water partition coefficient (Wildman–Crippen LogP) is 2.22. The van der Waals surface area contributed by atoms with E-state index in [2.05, 4.69) is 31.3 Å². The highest BCUT2D eigenvalue weighted by Gasteiger charge is 2.03. The van der Waals surface area contributed by atoms with Gasteiger partial charge in [-0.15, -0.1) is 0 Å². The molecule has 0 fully saturated rings. The van der Waals surface area contributed by atoms with E-state index in [-0.39, 0.29) is 0 Å². The van der Waals surface area contributed by atoms with Gasteiger partial charge in [0, 0.05) is 6.04 Å². The first-order valence-corrected chi connectivity index (χ1v) is 4.00. The van der Waals surface area contributed by atoms with Gasteiger partial charge in [0.2, 0.25) is 0 Å². The summed E-state index contributed by atoms with van der Waals surface area (Å²) in [5, 5.41) is 3.28. The van der Waals surface area contributed by atoms with E-state index in [9.17, 15) is 0 Å². The maximum atomic E-state index is 3.28. The number of nitrogens with one attached hydrogen (secondary N) is 1. The first-order chi connectivity index (χ1) is 4.86. The van der Waals surface area contributed by atoms with Gasteiger partial charge >= 0.3 is 0 Å². The lowest BCUT2D eigenvalue weighted by molar-refractivity contribution is 0.662. The van der Waals surface area contributed by atoms with E-state index >= 15 is 0 Å². The van der Waals surface area contributed by atoms with Gasteiger partial charge in [-0.2, -0.15) is 0 Å². The van der Waals surface area contributed by atoms with Crippen LogP contribution in [-0.4, -0.2) is 6.04 Å². The number of allylic oxidation sites excluding steroid dienone is 2. The fraction of sp³-hybridized carbons (Fsp3) is 0.556. The molecule has 1 aliphatic heterocycles. The molecule has 10 heavy (non-hydrogen) atoms. The monoisotopic (exact) mass is 137 g/mol. The third-order valence-electron chi connectivity index (χ3n) is 1.87. The topological polar surface area (TPSA) is 12.0 Å². The van der Waals surface area contributed by atoms with Crippen LogP contribution in [0.2, 0.25) is 0 Å². The average Bonchev–Trinajstić information content (AvgIpc) is 2.05. The SMILES string of the molecule is CCC1=CC(CC)NC=C1. The van der Waals surface area contributed by atoms with Crippen LogP contribution in [-0.2, 0) is 0 Å². The Morgan fingerprint density at radius 2 is 2.30 bits per heavy atom. The third kappa shape index (κ3) is 1.63. The zero-order chi connectivity index (χ0) is 7.40. The number of rotatable bonds is 2. The second-order valence-corrected chi connectivity index (χ2v) is 2.61. The minimum atomic E-state index is 0.569. The molecule has 0 radical (unpaired) electrons. The van der Waals surface area contributed by atoms with Gasteiger partial charge in [-0.1, -0.05) is 19.9 Å². The molecule has 0 amide bonds. The molecule has 0 saturated carbocycles. The largest absolute Gasteiger partial charge is 0.385 e. The molecule has 0 aliphatic carbocycles. The average molecular weight is 137 g/mol. The molecule has 1 heterocycles. The van der Waals surface area contributed by atoms with E-state index in [1.165, 1.54) is 12.0 Å². The van der Waals surface area contributed by atoms with Gasteiger partial charge in [0.15, 0.2) is 0 Å². The fourth-order valence-electron chi connectivity index (χ4n) is 1.11. The van der Waals surface area contributed by atoms with Crippen LogP contribution < -0.4 is 5.32 Å². The van der Waals surface area contributed by atoms with Gasteiger partial charge < -0.3 is 5.32 Å². The highest BCUT2D eigenvalue weighted by molar-refractivity contribution is 5.23. The fourth-order valence-corrected chi connectivity index (χ4v) is 1.11. The molecule has 1 heteroatoms. The van der Waals surface area contributed by atoms with E-state index in [0.717, 1.165) is 6.42 Å². The molecular weight excluding hydrogens is 122 g/mol. The van der Waals surface area contributed by atoms with E-state index in [0.29, 0.717) is 6.04 Å². The Morgan fingerprint density at radius 3 is 2.90 bits per heavy atom. The molecule has 1 aliphatic rings. The van der Waals surface area contributed by atoms with E-state index in [1.807, 2.05) is 6.20 Å². The second kappa shape index (κ2) is 3.45. The highest BCUT2D eigenvalue weighted by atomic mass is 14.9. The molecule has 0 aromatic heterocycles. The molecule has 0 saturated heterocycles.